The third-order valence-electron chi connectivity index (χ3n) is 12.7. The monoisotopic (exact) mass is 771 g/mol. The van der Waals surface area contributed by atoms with E-state index in [0.29, 0.717) is 0 Å². The molecule has 0 atom stereocenters. The van der Waals surface area contributed by atoms with Gasteiger partial charge in [-0.15, -0.1) is 11.3 Å². The molecule has 1 heterocycles. The maximum absolute atomic E-state index is 2.45. The second-order valence-corrected chi connectivity index (χ2v) is 16.7. The fourth-order valence-electron chi connectivity index (χ4n) is 10.3. The Morgan fingerprint density at radius 1 is 0.322 bits per heavy atom. The Bertz CT molecular complexity index is 2990. The van der Waals surface area contributed by atoms with Crippen molar-refractivity contribution in [2.75, 3.05) is 11.9 Å². The molecule has 0 fully saturated rings. The van der Waals surface area contributed by atoms with Crippen LogP contribution in [0.15, 0.2) is 231 Å². The number of benzene rings is 9. The summed E-state index contributed by atoms with van der Waals surface area (Å²) in [6.07, 6.45) is 0. The number of anilines is 2. The maximum atomic E-state index is 2.45. The van der Waals surface area contributed by atoms with Crippen LogP contribution >= 0.6 is 11.3 Å². The fourth-order valence-corrected chi connectivity index (χ4v) is 11.4. The van der Waals surface area contributed by atoms with E-state index in [2.05, 4.69) is 242 Å². The Morgan fingerprint density at radius 3 is 1.27 bits per heavy atom. The Morgan fingerprint density at radius 2 is 0.729 bits per heavy atom. The summed E-state index contributed by atoms with van der Waals surface area (Å²) in [5.74, 6) is 0. The molecule has 280 valence electrons. The third kappa shape index (κ3) is 5.23. The molecule has 2 heteroatoms. The second kappa shape index (κ2) is 14.1. The number of thiophene rings is 1. The summed E-state index contributed by atoms with van der Waals surface area (Å²) in [5.41, 5.74) is 14.6. The van der Waals surface area contributed by atoms with Crippen molar-refractivity contribution >= 4 is 42.9 Å². The van der Waals surface area contributed by atoms with E-state index in [9.17, 15) is 0 Å². The van der Waals surface area contributed by atoms with E-state index < -0.39 is 10.8 Å². The number of para-hydroxylation sites is 1. The first-order chi connectivity index (χ1) is 29.2. The lowest BCUT2D eigenvalue weighted by Gasteiger charge is -2.50. The van der Waals surface area contributed by atoms with Gasteiger partial charge < -0.3 is 4.90 Å². The van der Waals surface area contributed by atoms with Crippen LogP contribution in [0.5, 0.6) is 0 Å². The molecule has 1 nitrogen and oxygen atoms in total. The largest absolute Gasteiger partial charge is 0.345 e. The molecule has 0 saturated heterocycles. The molecule has 2 aliphatic carbocycles. The highest BCUT2D eigenvalue weighted by molar-refractivity contribution is 7.25. The van der Waals surface area contributed by atoms with Gasteiger partial charge in [0, 0.05) is 38.6 Å². The first-order valence-corrected chi connectivity index (χ1v) is 21.2. The lowest BCUT2D eigenvalue weighted by molar-refractivity contribution is 0.623. The van der Waals surface area contributed by atoms with E-state index >= 15 is 0 Å². The number of nitrogens with zero attached hydrogens (tertiary/aromatic N) is 1. The highest BCUT2D eigenvalue weighted by atomic mass is 32.1. The highest BCUT2D eigenvalue weighted by Crippen LogP contribution is 2.64. The number of rotatable bonds is 4. The SMILES string of the molecule is CN(c1ccccc1)c1ccc2c(c1)C1(c3ccccc3-2)c2ccccc2C(c2ccccc2)(c2ccccc2)c2ccccc21.c1ccc2c(c1)sc1ccccc12. The molecule has 0 unspecified atom stereocenters. The summed E-state index contributed by atoms with van der Waals surface area (Å²) < 4.78 is 2.76. The first-order valence-electron chi connectivity index (χ1n) is 20.4. The van der Waals surface area contributed by atoms with Gasteiger partial charge in [-0.3, -0.25) is 0 Å². The summed E-state index contributed by atoms with van der Waals surface area (Å²) in [4.78, 5) is 2.30. The summed E-state index contributed by atoms with van der Waals surface area (Å²) in [5, 5.41) is 2.76. The molecule has 0 aliphatic heterocycles. The van der Waals surface area contributed by atoms with Crippen LogP contribution in [0, 0.1) is 0 Å². The van der Waals surface area contributed by atoms with Crippen molar-refractivity contribution in [1.82, 2.24) is 0 Å². The van der Waals surface area contributed by atoms with Gasteiger partial charge in [0.25, 0.3) is 0 Å². The van der Waals surface area contributed by atoms with E-state index in [1.54, 1.807) is 0 Å². The molecule has 0 radical (unpaired) electrons. The molecule has 0 bridgehead atoms. The minimum absolute atomic E-state index is 0.486. The van der Waals surface area contributed by atoms with E-state index in [0.717, 1.165) is 0 Å². The number of fused-ring (bicyclic) bond motifs is 12. The molecule has 1 aromatic heterocycles. The normalized spacial score (nSPS) is 13.8. The van der Waals surface area contributed by atoms with Gasteiger partial charge in [0.2, 0.25) is 0 Å². The Balaban J connectivity index is 0.000000258. The second-order valence-electron chi connectivity index (χ2n) is 15.6. The van der Waals surface area contributed by atoms with Gasteiger partial charge in [0.15, 0.2) is 0 Å². The van der Waals surface area contributed by atoms with Crippen molar-refractivity contribution in [3.63, 3.8) is 0 Å². The van der Waals surface area contributed by atoms with E-state index in [-0.39, 0.29) is 0 Å². The zero-order chi connectivity index (χ0) is 39.4. The van der Waals surface area contributed by atoms with Crippen molar-refractivity contribution in [3.8, 4) is 11.1 Å². The van der Waals surface area contributed by atoms with E-state index in [1.165, 1.54) is 87.2 Å². The summed E-state index contributed by atoms with van der Waals surface area (Å²) in [6.45, 7) is 0. The average molecular weight is 772 g/mol. The van der Waals surface area contributed by atoms with Crippen LogP contribution in [0.4, 0.5) is 11.4 Å². The van der Waals surface area contributed by atoms with Gasteiger partial charge in [0.05, 0.1) is 10.8 Å². The van der Waals surface area contributed by atoms with Crippen LogP contribution in [-0.2, 0) is 10.8 Å². The smallest absolute Gasteiger partial charge is 0.0720 e. The quantitative estimate of drug-likeness (QED) is 0.172. The zero-order valence-electron chi connectivity index (χ0n) is 32.8. The topological polar surface area (TPSA) is 3.24 Å². The molecule has 10 aromatic rings. The lowest BCUT2D eigenvalue weighted by Crippen LogP contribution is -2.44. The Kier molecular flexibility index (Phi) is 8.43. The molecule has 1 spiro atoms. The summed E-state index contributed by atoms with van der Waals surface area (Å²) in [6, 6.07) is 84.6. The minimum atomic E-state index is -0.489. The van der Waals surface area contributed by atoms with Crippen LogP contribution < -0.4 is 4.90 Å². The molecule has 2 aliphatic rings. The predicted octanol–water partition coefficient (Wildman–Crippen LogP) is 14.6. The van der Waals surface area contributed by atoms with Crippen LogP contribution in [-0.4, -0.2) is 7.05 Å². The molecule has 9 aromatic carbocycles. The van der Waals surface area contributed by atoms with Gasteiger partial charge in [-0.2, -0.15) is 0 Å². The first kappa shape index (κ1) is 35.2. The molecular formula is C57H41NS. The van der Waals surface area contributed by atoms with Gasteiger partial charge in [-0.05, 0) is 92.0 Å². The Hall–Kier alpha value is -7.00. The van der Waals surface area contributed by atoms with Crippen molar-refractivity contribution in [2.24, 2.45) is 0 Å². The van der Waals surface area contributed by atoms with E-state index in [1.807, 2.05) is 11.3 Å². The lowest BCUT2D eigenvalue weighted by atomic mass is 9.51. The number of hydrogen-bond donors (Lipinski definition) is 0. The molecule has 0 N–H and O–H groups in total. The van der Waals surface area contributed by atoms with Gasteiger partial charge in [-0.1, -0.05) is 194 Å². The molecular weight excluding hydrogens is 731 g/mol. The van der Waals surface area contributed by atoms with Crippen LogP contribution in [0.3, 0.4) is 0 Å². The van der Waals surface area contributed by atoms with Crippen molar-refractivity contribution in [2.45, 2.75) is 10.8 Å². The van der Waals surface area contributed by atoms with Crippen LogP contribution in [0.2, 0.25) is 0 Å². The average Bonchev–Trinajstić information content (AvgIpc) is 3.84. The molecule has 0 amide bonds. The predicted molar refractivity (Wildman–Crippen MR) is 249 cm³/mol. The minimum Gasteiger partial charge on any atom is -0.345 e. The van der Waals surface area contributed by atoms with Crippen molar-refractivity contribution in [1.29, 1.82) is 0 Å². The molecule has 12 rings (SSSR count). The molecule has 0 saturated carbocycles. The number of hydrogen-bond acceptors (Lipinski definition) is 2. The third-order valence-corrected chi connectivity index (χ3v) is 13.9. The highest BCUT2D eigenvalue weighted by Gasteiger charge is 2.56. The van der Waals surface area contributed by atoms with Gasteiger partial charge >= 0.3 is 0 Å². The fraction of sp³-hybridized carbons (Fsp3) is 0.0526. The Labute approximate surface area is 350 Å². The van der Waals surface area contributed by atoms with Crippen molar-refractivity contribution < 1.29 is 0 Å². The van der Waals surface area contributed by atoms with Gasteiger partial charge in [0.1, 0.15) is 0 Å². The molecule has 59 heavy (non-hydrogen) atoms. The van der Waals surface area contributed by atoms with Gasteiger partial charge in [-0.25, -0.2) is 0 Å². The summed E-state index contributed by atoms with van der Waals surface area (Å²) in [7, 11) is 2.17. The van der Waals surface area contributed by atoms with Crippen LogP contribution in [0.25, 0.3) is 31.3 Å². The maximum Gasteiger partial charge on any atom is 0.0720 e. The van der Waals surface area contributed by atoms with Crippen LogP contribution in [0.1, 0.15) is 44.5 Å². The zero-order valence-corrected chi connectivity index (χ0v) is 33.6. The van der Waals surface area contributed by atoms with Crippen molar-refractivity contribution in [3.05, 3.63) is 275 Å². The van der Waals surface area contributed by atoms with E-state index in [4.69, 9.17) is 0 Å². The summed E-state index contributed by atoms with van der Waals surface area (Å²) >= 11 is 1.86. The standard InChI is InChI=1S/C45H33N.C12H8S/c1-46(34-21-9-4-10-22-34)35-29-30-37-36-23-11-12-24-38(36)45(43(37)31-35)41-27-15-13-25-39(41)44(32-17-5-2-6-18-32,33-19-7-3-8-20-33)40-26-14-16-28-42(40)45;1-3-7-11-9(5-1)10-6-2-4-8-12(10)13-11/h2-31H,1H3;1-8H.